The van der Waals surface area contributed by atoms with E-state index in [1.807, 2.05) is 30.3 Å². The highest BCUT2D eigenvalue weighted by Crippen LogP contribution is 2.16. The standard InChI is InChI=1S/C15H21NO3/c16-14(12-6-2-1-3-7-12)10-15(17)19-11-13-8-4-5-9-18-13/h1-3,6-7,13-14H,4-5,8-11,16H2. The predicted octanol–water partition coefficient (Wildman–Crippen LogP) is 2.19. The lowest BCUT2D eigenvalue weighted by molar-refractivity contribution is -0.149. The van der Waals surface area contributed by atoms with Crippen LogP contribution in [0, 0.1) is 0 Å². The number of rotatable bonds is 5. The van der Waals surface area contributed by atoms with E-state index in [2.05, 4.69) is 0 Å². The SMILES string of the molecule is NC(CC(=O)OCC1CCCCO1)c1ccccc1. The van der Waals surface area contributed by atoms with Crippen LogP contribution in [0.5, 0.6) is 0 Å². The predicted molar refractivity (Wildman–Crippen MR) is 72.5 cm³/mol. The van der Waals surface area contributed by atoms with Crippen LogP contribution in [0.15, 0.2) is 30.3 Å². The lowest BCUT2D eigenvalue weighted by Gasteiger charge is -2.22. The maximum Gasteiger partial charge on any atom is 0.307 e. The number of ether oxygens (including phenoxy) is 2. The van der Waals surface area contributed by atoms with Crippen molar-refractivity contribution < 1.29 is 14.3 Å². The first-order valence-electron chi connectivity index (χ1n) is 6.83. The van der Waals surface area contributed by atoms with E-state index in [4.69, 9.17) is 15.2 Å². The summed E-state index contributed by atoms with van der Waals surface area (Å²) >= 11 is 0. The topological polar surface area (TPSA) is 61.6 Å². The maximum absolute atomic E-state index is 11.7. The molecule has 2 unspecified atom stereocenters. The molecule has 1 aromatic carbocycles. The van der Waals surface area contributed by atoms with Crippen LogP contribution in [0.3, 0.4) is 0 Å². The van der Waals surface area contributed by atoms with E-state index in [-0.39, 0.29) is 24.5 Å². The maximum atomic E-state index is 11.7. The highest BCUT2D eigenvalue weighted by atomic mass is 16.6. The van der Waals surface area contributed by atoms with Crippen LogP contribution in [0.1, 0.15) is 37.3 Å². The average Bonchev–Trinajstić information content (AvgIpc) is 2.47. The third kappa shape index (κ3) is 4.65. The molecule has 1 aromatic rings. The molecule has 0 radical (unpaired) electrons. The minimum Gasteiger partial charge on any atom is -0.463 e. The summed E-state index contributed by atoms with van der Waals surface area (Å²) in [7, 11) is 0. The number of hydrogen-bond donors (Lipinski definition) is 1. The molecule has 1 aliphatic heterocycles. The minimum atomic E-state index is -0.305. The van der Waals surface area contributed by atoms with Crippen LogP contribution in [0.4, 0.5) is 0 Å². The van der Waals surface area contributed by atoms with Gasteiger partial charge in [-0.25, -0.2) is 0 Å². The molecule has 4 heteroatoms. The van der Waals surface area contributed by atoms with Crippen molar-refractivity contribution in [1.82, 2.24) is 0 Å². The smallest absolute Gasteiger partial charge is 0.307 e. The Kier molecular flexibility index (Phi) is 5.36. The molecule has 4 nitrogen and oxygen atoms in total. The zero-order chi connectivity index (χ0) is 13.5. The van der Waals surface area contributed by atoms with E-state index < -0.39 is 0 Å². The van der Waals surface area contributed by atoms with Gasteiger partial charge in [0.05, 0.1) is 12.5 Å². The van der Waals surface area contributed by atoms with Gasteiger partial charge in [-0.05, 0) is 24.8 Å². The van der Waals surface area contributed by atoms with Gasteiger partial charge in [0.2, 0.25) is 0 Å². The molecule has 1 fully saturated rings. The quantitative estimate of drug-likeness (QED) is 0.827. The Morgan fingerprint density at radius 2 is 2.16 bits per heavy atom. The van der Waals surface area contributed by atoms with Gasteiger partial charge in [-0.15, -0.1) is 0 Å². The van der Waals surface area contributed by atoms with E-state index in [9.17, 15) is 4.79 Å². The molecule has 0 saturated carbocycles. The minimum absolute atomic E-state index is 0.0608. The summed E-state index contributed by atoms with van der Waals surface area (Å²) in [5.74, 6) is -0.259. The number of hydrogen-bond acceptors (Lipinski definition) is 4. The van der Waals surface area contributed by atoms with Gasteiger partial charge in [0.15, 0.2) is 0 Å². The largest absolute Gasteiger partial charge is 0.463 e. The van der Waals surface area contributed by atoms with Gasteiger partial charge in [-0.2, -0.15) is 0 Å². The highest BCUT2D eigenvalue weighted by molar-refractivity contribution is 5.70. The van der Waals surface area contributed by atoms with Crippen molar-refractivity contribution in [3.8, 4) is 0 Å². The lowest BCUT2D eigenvalue weighted by Crippen LogP contribution is -2.27. The van der Waals surface area contributed by atoms with Gasteiger partial charge in [0, 0.05) is 12.6 Å². The third-order valence-electron chi connectivity index (χ3n) is 3.32. The van der Waals surface area contributed by atoms with Crippen LogP contribution < -0.4 is 5.73 Å². The van der Waals surface area contributed by atoms with Crippen LogP contribution in [0.2, 0.25) is 0 Å². The molecule has 0 amide bonds. The zero-order valence-corrected chi connectivity index (χ0v) is 11.1. The molecule has 2 N–H and O–H groups in total. The molecule has 2 atom stereocenters. The van der Waals surface area contributed by atoms with E-state index in [0.29, 0.717) is 6.61 Å². The summed E-state index contributed by atoms with van der Waals surface area (Å²) in [5.41, 5.74) is 6.92. The zero-order valence-electron chi connectivity index (χ0n) is 11.1. The number of nitrogens with two attached hydrogens (primary N) is 1. The Morgan fingerprint density at radius 1 is 1.37 bits per heavy atom. The van der Waals surface area contributed by atoms with Gasteiger partial charge in [-0.3, -0.25) is 4.79 Å². The van der Waals surface area contributed by atoms with Crippen LogP contribution in [-0.2, 0) is 14.3 Å². The first kappa shape index (κ1) is 14.0. The first-order valence-corrected chi connectivity index (χ1v) is 6.83. The lowest BCUT2D eigenvalue weighted by atomic mass is 10.1. The van der Waals surface area contributed by atoms with E-state index >= 15 is 0 Å². The molecule has 1 heterocycles. The Bertz CT molecular complexity index is 388. The summed E-state index contributed by atoms with van der Waals surface area (Å²) in [6.07, 6.45) is 3.48. The second kappa shape index (κ2) is 7.26. The van der Waals surface area contributed by atoms with Crippen molar-refractivity contribution in [2.45, 2.75) is 37.8 Å². The fourth-order valence-electron chi connectivity index (χ4n) is 2.18. The van der Waals surface area contributed by atoms with Crippen molar-refractivity contribution in [2.75, 3.05) is 13.2 Å². The molecule has 1 saturated heterocycles. The Balaban J connectivity index is 1.71. The number of carbonyl (C=O) groups excluding carboxylic acids is 1. The van der Waals surface area contributed by atoms with Gasteiger partial charge < -0.3 is 15.2 Å². The number of benzene rings is 1. The molecule has 0 bridgehead atoms. The normalized spacial score (nSPS) is 20.8. The van der Waals surface area contributed by atoms with Crippen molar-refractivity contribution >= 4 is 5.97 Å². The molecular formula is C15H21NO3. The Hall–Kier alpha value is -1.39. The van der Waals surface area contributed by atoms with Gasteiger partial charge in [-0.1, -0.05) is 30.3 Å². The second-order valence-corrected chi connectivity index (χ2v) is 4.89. The van der Waals surface area contributed by atoms with Crippen molar-refractivity contribution in [3.05, 3.63) is 35.9 Å². The van der Waals surface area contributed by atoms with Crippen LogP contribution >= 0.6 is 0 Å². The molecule has 0 aliphatic carbocycles. The molecule has 0 spiro atoms. The summed E-state index contributed by atoms with van der Waals surface area (Å²) in [6, 6.07) is 9.28. The molecule has 1 aliphatic rings. The Labute approximate surface area is 113 Å². The average molecular weight is 263 g/mol. The van der Waals surface area contributed by atoms with Crippen molar-refractivity contribution in [1.29, 1.82) is 0 Å². The fraction of sp³-hybridized carbons (Fsp3) is 0.533. The molecule has 104 valence electrons. The summed E-state index contributed by atoms with van der Waals surface area (Å²) in [4.78, 5) is 11.7. The summed E-state index contributed by atoms with van der Waals surface area (Å²) in [5, 5.41) is 0. The third-order valence-corrected chi connectivity index (χ3v) is 3.32. The summed E-state index contributed by atoms with van der Waals surface area (Å²) in [6.45, 7) is 1.12. The van der Waals surface area contributed by atoms with E-state index in [1.165, 1.54) is 0 Å². The van der Waals surface area contributed by atoms with Crippen molar-refractivity contribution in [3.63, 3.8) is 0 Å². The monoisotopic (exact) mass is 263 g/mol. The number of carbonyl (C=O) groups is 1. The fourth-order valence-corrected chi connectivity index (χ4v) is 2.18. The van der Waals surface area contributed by atoms with Crippen LogP contribution in [-0.4, -0.2) is 25.3 Å². The van der Waals surface area contributed by atoms with E-state index in [1.54, 1.807) is 0 Å². The van der Waals surface area contributed by atoms with Gasteiger partial charge in [0.1, 0.15) is 6.61 Å². The Morgan fingerprint density at radius 3 is 2.84 bits per heavy atom. The molecule has 0 aromatic heterocycles. The second-order valence-electron chi connectivity index (χ2n) is 4.89. The molecular weight excluding hydrogens is 242 g/mol. The molecule has 2 rings (SSSR count). The summed E-state index contributed by atoms with van der Waals surface area (Å²) < 4.78 is 10.7. The number of esters is 1. The van der Waals surface area contributed by atoms with Crippen molar-refractivity contribution in [2.24, 2.45) is 5.73 Å². The molecule has 19 heavy (non-hydrogen) atoms. The highest BCUT2D eigenvalue weighted by Gasteiger charge is 2.17. The van der Waals surface area contributed by atoms with Gasteiger partial charge in [0.25, 0.3) is 0 Å². The van der Waals surface area contributed by atoms with Crippen LogP contribution in [0.25, 0.3) is 0 Å². The first-order chi connectivity index (χ1) is 9.25. The van der Waals surface area contributed by atoms with Gasteiger partial charge >= 0.3 is 5.97 Å². The van der Waals surface area contributed by atoms with E-state index in [0.717, 1.165) is 31.4 Å².